The minimum Gasteiger partial charge on any atom is -0.369 e. The highest BCUT2D eigenvalue weighted by molar-refractivity contribution is 5.52. The van der Waals surface area contributed by atoms with Crippen molar-refractivity contribution in [1.82, 2.24) is 9.97 Å². The normalized spacial score (nSPS) is 23.5. The van der Waals surface area contributed by atoms with Crippen molar-refractivity contribution in [3.8, 4) is 6.07 Å². The van der Waals surface area contributed by atoms with Gasteiger partial charge in [0.1, 0.15) is 17.7 Å². The Labute approximate surface area is 147 Å². The molecular formula is C19H21N5O. The average Bonchev–Trinajstić information content (AvgIpc) is 2.69. The fourth-order valence-electron chi connectivity index (χ4n) is 3.85. The number of piperidine rings is 1. The molecule has 0 aliphatic carbocycles. The number of hydrogen-bond acceptors (Lipinski definition) is 6. The molecule has 1 spiro atoms. The number of ether oxygens (including phenoxy) is 1. The number of rotatable bonds is 2. The highest BCUT2D eigenvalue weighted by Crippen LogP contribution is 2.33. The van der Waals surface area contributed by atoms with E-state index in [1.807, 2.05) is 24.3 Å². The van der Waals surface area contributed by atoms with Gasteiger partial charge in [0.15, 0.2) is 0 Å². The first-order chi connectivity index (χ1) is 12.3. The van der Waals surface area contributed by atoms with Crippen LogP contribution in [-0.2, 0) is 4.74 Å². The standard InChI is InChI=1S/C19H21N5O/c20-12-16-3-1-4-17(11-16)23-8-2-6-19(13-23)14-24(9-10-25-19)18-5-7-21-15-22-18/h1,3-5,7,11,15H,2,6,8-10,13-14H2/t19-/m0/s1. The molecule has 2 fully saturated rings. The zero-order chi connectivity index (χ0) is 17.1. The van der Waals surface area contributed by atoms with Crippen LogP contribution in [0.2, 0.25) is 0 Å². The summed E-state index contributed by atoms with van der Waals surface area (Å²) >= 11 is 0. The summed E-state index contributed by atoms with van der Waals surface area (Å²) in [6, 6.07) is 12.0. The molecule has 0 saturated carbocycles. The molecule has 128 valence electrons. The number of hydrogen-bond donors (Lipinski definition) is 0. The third-order valence-corrected chi connectivity index (χ3v) is 5.02. The summed E-state index contributed by atoms with van der Waals surface area (Å²) in [5.74, 6) is 0.960. The van der Waals surface area contributed by atoms with E-state index in [1.54, 1.807) is 12.5 Å². The molecule has 0 bridgehead atoms. The third-order valence-electron chi connectivity index (χ3n) is 5.02. The van der Waals surface area contributed by atoms with Gasteiger partial charge in [0.2, 0.25) is 0 Å². The molecule has 2 aromatic rings. The molecule has 0 radical (unpaired) electrons. The molecule has 1 aromatic heterocycles. The van der Waals surface area contributed by atoms with E-state index in [-0.39, 0.29) is 5.60 Å². The molecule has 6 heteroatoms. The SMILES string of the molecule is N#Cc1cccc(N2CCC[C@]3(C2)CN(c2ccncn2)CCO3)c1. The van der Waals surface area contributed by atoms with E-state index in [0.29, 0.717) is 12.2 Å². The first-order valence-electron chi connectivity index (χ1n) is 8.68. The van der Waals surface area contributed by atoms with Crippen molar-refractivity contribution in [2.24, 2.45) is 0 Å². The largest absolute Gasteiger partial charge is 0.369 e. The zero-order valence-electron chi connectivity index (χ0n) is 14.1. The van der Waals surface area contributed by atoms with Gasteiger partial charge in [-0.1, -0.05) is 6.07 Å². The average molecular weight is 335 g/mol. The maximum atomic E-state index is 9.15. The van der Waals surface area contributed by atoms with E-state index < -0.39 is 0 Å². The summed E-state index contributed by atoms with van der Waals surface area (Å²) in [6.07, 6.45) is 5.50. The smallest absolute Gasteiger partial charge is 0.132 e. The molecule has 0 N–H and O–H groups in total. The summed E-state index contributed by atoms with van der Waals surface area (Å²) in [4.78, 5) is 13.0. The van der Waals surface area contributed by atoms with Crippen LogP contribution < -0.4 is 9.80 Å². The topological polar surface area (TPSA) is 65.3 Å². The number of anilines is 2. The van der Waals surface area contributed by atoms with Crippen LogP contribution in [0.15, 0.2) is 42.9 Å². The van der Waals surface area contributed by atoms with Crippen LogP contribution in [-0.4, -0.2) is 48.4 Å². The number of aromatic nitrogens is 2. The zero-order valence-corrected chi connectivity index (χ0v) is 14.1. The number of benzene rings is 1. The van der Waals surface area contributed by atoms with Crippen LogP contribution in [0.3, 0.4) is 0 Å². The Hall–Kier alpha value is -2.65. The summed E-state index contributed by atoms with van der Waals surface area (Å²) < 4.78 is 6.27. The van der Waals surface area contributed by atoms with Crippen LogP contribution in [0.25, 0.3) is 0 Å². The molecule has 2 aliphatic heterocycles. The summed E-state index contributed by atoms with van der Waals surface area (Å²) in [6.45, 7) is 4.22. The van der Waals surface area contributed by atoms with Crippen molar-refractivity contribution in [2.45, 2.75) is 18.4 Å². The molecule has 6 nitrogen and oxygen atoms in total. The van der Waals surface area contributed by atoms with Crippen molar-refractivity contribution in [3.63, 3.8) is 0 Å². The summed E-state index contributed by atoms with van der Waals surface area (Å²) in [5, 5.41) is 9.15. The predicted octanol–water partition coefficient (Wildman–Crippen LogP) is 2.22. The second-order valence-corrected chi connectivity index (χ2v) is 6.71. The predicted molar refractivity (Wildman–Crippen MR) is 95.5 cm³/mol. The second-order valence-electron chi connectivity index (χ2n) is 6.71. The van der Waals surface area contributed by atoms with E-state index in [0.717, 1.165) is 50.5 Å². The van der Waals surface area contributed by atoms with Gasteiger partial charge in [-0.25, -0.2) is 9.97 Å². The Balaban J connectivity index is 1.54. The Bertz CT molecular complexity index is 771. The van der Waals surface area contributed by atoms with Crippen LogP contribution in [0, 0.1) is 11.3 Å². The van der Waals surface area contributed by atoms with Crippen molar-refractivity contribution in [3.05, 3.63) is 48.4 Å². The van der Waals surface area contributed by atoms with Crippen molar-refractivity contribution >= 4 is 11.5 Å². The molecule has 25 heavy (non-hydrogen) atoms. The molecule has 4 rings (SSSR count). The first-order valence-corrected chi connectivity index (χ1v) is 8.68. The monoisotopic (exact) mass is 335 g/mol. The van der Waals surface area contributed by atoms with Gasteiger partial charge in [-0.2, -0.15) is 5.26 Å². The van der Waals surface area contributed by atoms with Gasteiger partial charge in [-0.15, -0.1) is 0 Å². The third kappa shape index (κ3) is 3.28. The van der Waals surface area contributed by atoms with Crippen LogP contribution in [0.4, 0.5) is 11.5 Å². The summed E-state index contributed by atoms with van der Waals surface area (Å²) in [7, 11) is 0. The van der Waals surface area contributed by atoms with Gasteiger partial charge in [-0.05, 0) is 37.1 Å². The van der Waals surface area contributed by atoms with Crippen LogP contribution in [0.5, 0.6) is 0 Å². The fraction of sp³-hybridized carbons (Fsp3) is 0.421. The molecule has 1 aromatic carbocycles. The summed E-state index contributed by atoms with van der Waals surface area (Å²) in [5.41, 5.74) is 1.61. The quantitative estimate of drug-likeness (QED) is 0.838. The van der Waals surface area contributed by atoms with Crippen molar-refractivity contribution < 1.29 is 4.74 Å². The maximum absolute atomic E-state index is 9.15. The molecule has 2 aliphatic rings. The number of morpholine rings is 1. The minimum absolute atomic E-state index is 0.190. The van der Waals surface area contributed by atoms with Crippen LogP contribution >= 0.6 is 0 Å². The van der Waals surface area contributed by atoms with E-state index >= 15 is 0 Å². The Morgan fingerprint density at radius 1 is 1.16 bits per heavy atom. The van der Waals surface area contributed by atoms with Crippen molar-refractivity contribution in [1.29, 1.82) is 5.26 Å². The highest BCUT2D eigenvalue weighted by Gasteiger charge is 2.41. The highest BCUT2D eigenvalue weighted by atomic mass is 16.5. The molecule has 1 atom stereocenters. The van der Waals surface area contributed by atoms with Gasteiger partial charge in [0.25, 0.3) is 0 Å². The minimum atomic E-state index is -0.190. The van der Waals surface area contributed by atoms with E-state index in [4.69, 9.17) is 10.00 Å². The van der Waals surface area contributed by atoms with Crippen molar-refractivity contribution in [2.75, 3.05) is 42.6 Å². The number of nitrogens with zero attached hydrogens (tertiary/aromatic N) is 5. The second kappa shape index (κ2) is 6.69. The maximum Gasteiger partial charge on any atom is 0.132 e. The first kappa shape index (κ1) is 15.9. The lowest BCUT2D eigenvalue weighted by molar-refractivity contribution is -0.0630. The van der Waals surface area contributed by atoms with Crippen LogP contribution in [0.1, 0.15) is 18.4 Å². The molecule has 3 heterocycles. The lowest BCUT2D eigenvalue weighted by atomic mass is 9.90. The van der Waals surface area contributed by atoms with E-state index in [1.165, 1.54) is 0 Å². The van der Waals surface area contributed by atoms with E-state index in [9.17, 15) is 0 Å². The molecule has 2 saturated heterocycles. The fourth-order valence-corrected chi connectivity index (χ4v) is 3.85. The Morgan fingerprint density at radius 3 is 2.92 bits per heavy atom. The van der Waals surface area contributed by atoms with Gasteiger partial charge in [-0.3, -0.25) is 0 Å². The molecule has 0 unspecified atom stereocenters. The molecular weight excluding hydrogens is 314 g/mol. The van der Waals surface area contributed by atoms with Gasteiger partial charge < -0.3 is 14.5 Å². The molecule has 0 amide bonds. The number of nitriles is 1. The Morgan fingerprint density at radius 2 is 2.08 bits per heavy atom. The van der Waals surface area contributed by atoms with Gasteiger partial charge in [0, 0.05) is 31.5 Å². The lowest BCUT2D eigenvalue weighted by Gasteiger charge is -2.49. The van der Waals surface area contributed by atoms with E-state index in [2.05, 4.69) is 31.9 Å². The lowest BCUT2D eigenvalue weighted by Crippen LogP contribution is -2.60. The van der Waals surface area contributed by atoms with Gasteiger partial charge >= 0.3 is 0 Å². The Kier molecular flexibility index (Phi) is 4.24. The van der Waals surface area contributed by atoms with Gasteiger partial charge in [0.05, 0.1) is 24.8 Å².